The summed E-state index contributed by atoms with van der Waals surface area (Å²) in [7, 11) is 0. The summed E-state index contributed by atoms with van der Waals surface area (Å²) in [5.41, 5.74) is -4.71. The van der Waals surface area contributed by atoms with Crippen LogP contribution in [0.25, 0.3) is 17.0 Å². The summed E-state index contributed by atoms with van der Waals surface area (Å²) in [6.07, 6.45) is 1.03. The molecular weight excluding hydrogens is 373 g/mol. The first-order chi connectivity index (χ1) is 18.3. The molecule has 0 saturated carbocycles. The Labute approximate surface area is 182 Å². The molecule has 0 N–H and O–H groups in total. The van der Waals surface area contributed by atoms with E-state index >= 15 is 0 Å². The number of halogens is 1. The number of benzene rings is 1. The van der Waals surface area contributed by atoms with Crippen LogP contribution < -0.4 is 4.74 Å². The first-order valence-corrected chi connectivity index (χ1v) is 8.35. The van der Waals surface area contributed by atoms with Crippen molar-refractivity contribution in [2.45, 2.75) is 46.0 Å². The zero-order chi connectivity index (χ0) is 29.9. The van der Waals surface area contributed by atoms with Crippen LogP contribution in [0.5, 0.6) is 5.88 Å². The summed E-state index contributed by atoms with van der Waals surface area (Å²) in [5, 5.41) is 15.7. The van der Waals surface area contributed by atoms with Gasteiger partial charge in [-0.1, -0.05) is 32.7 Å². The Kier molecular flexibility index (Phi) is 2.47. The van der Waals surface area contributed by atoms with Gasteiger partial charge in [-0.25, -0.2) is 14.1 Å². The Morgan fingerprint density at radius 1 is 1.24 bits per heavy atom. The number of aryl methyl sites for hydroxylation is 1. The number of ether oxygens (including phenoxy) is 1. The van der Waals surface area contributed by atoms with Crippen LogP contribution in [0.3, 0.4) is 0 Å². The molecule has 150 valence electrons. The smallest absolute Gasteiger partial charge is 0.236 e. The molecule has 4 aromatic rings. The van der Waals surface area contributed by atoms with Crippen LogP contribution in [0, 0.1) is 5.82 Å². The second-order valence-electron chi connectivity index (χ2n) is 5.99. The largest absolute Gasteiger partial charge is 0.468 e. The van der Waals surface area contributed by atoms with Crippen LogP contribution in [0.2, 0.25) is 0 Å². The van der Waals surface area contributed by atoms with Crippen molar-refractivity contribution in [2.24, 2.45) is 0 Å². The van der Waals surface area contributed by atoms with Gasteiger partial charge in [0.15, 0.2) is 17.3 Å². The van der Waals surface area contributed by atoms with Gasteiger partial charge in [-0.2, -0.15) is 9.61 Å². The van der Waals surface area contributed by atoms with E-state index < -0.39 is 56.3 Å². The van der Waals surface area contributed by atoms with Crippen LogP contribution in [-0.4, -0.2) is 34.6 Å². The molecule has 0 fully saturated rings. The van der Waals surface area contributed by atoms with Gasteiger partial charge in [0.05, 0.1) is 8.30 Å². The Balaban J connectivity index is 2.03. The number of hydrogen-bond acceptors (Lipinski definition) is 6. The van der Waals surface area contributed by atoms with Gasteiger partial charge in [-0.05, 0) is 30.5 Å². The van der Waals surface area contributed by atoms with Gasteiger partial charge >= 0.3 is 0 Å². The third kappa shape index (κ3) is 3.55. The average molecular weight is 407 g/mol. The summed E-state index contributed by atoms with van der Waals surface area (Å²) in [6.45, 7) is -12.5. The Morgan fingerprint density at radius 3 is 2.83 bits per heavy atom. The fourth-order valence-corrected chi connectivity index (χ4v) is 2.69. The molecule has 3 heterocycles. The van der Waals surface area contributed by atoms with Gasteiger partial charge in [-0.15, -0.1) is 15.3 Å². The minimum atomic E-state index is -3.66. The van der Waals surface area contributed by atoms with Crippen LogP contribution in [0.1, 0.15) is 53.9 Å². The standard InChI is InChI=1S/C20H22FN7O/c1-5-27-17(22-12-23-27)11-29-19-14(20(2,3)4)10-16-24-25-18(28(16)26-19)13-8-6-7-9-15(13)21/h6-10,12H,5,11H2,1-4H3/i2D3,3D3,4D3,5D2. The summed E-state index contributed by atoms with van der Waals surface area (Å²) >= 11 is 0. The highest BCUT2D eigenvalue weighted by molar-refractivity contribution is 5.60. The first kappa shape index (κ1) is 9.91. The van der Waals surface area contributed by atoms with Crippen LogP contribution in [0.4, 0.5) is 4.39 Å². The minimum Gasteiger partial charge on any atom is -0.468 e. The van der Waals surface area contributed by atoms with E-state index in [2.05, 4.69) is 25.4 Å². The molecule has 9 heteroatoms. The predicted octanol–water partition coefficient (Wildman–Crippen LogP) is 3.42. The second kappa shape index (κ2) is 7.23. The molecule has 8 nitrogen and oxygen atoms in total. The van der Waals surface area contributed by atoms with Crippen molar-refractivity contribution in [3.05, 3.63) is 53.9 Å². The van der Waals surface area contributed by atoms with E-state index in [4.69, 9.17) is 19.8 Å². The molecule has 29 heavy (non-hydrogen) atoms. The number of nitrogens with zero attached hydrogens (tertiary/aromatic N) is 7. The zero-order valence-corrected chi connectivity index (χ0v) is 15.1. The van der Waals surface area contributed by atoms with E-state index in [0.29, 0.717) is 0 Å². The molecule has 3 aromatic heterocycles. The second-order valence-corrected chi connectivity index (χ2v) is 5.99. The van der Waals surface area contributed by atoms with E-state index in [1.165, 1.54) is 25.1 Å². The van der Waals surface area contributed by atoms with E-state index in [-0.39, 0.29) is 22.9 Å². The molecule has 1 aromatic carbocycles. The van der Waals surface area contributed by atoms with Crippen molar-refractivity contribution in [2.75, 3.05) is 0 Å². The van der Waals surface area contributed by atoms with Crippen molar-refractivity contribution in [3.63, 3.8) is 0 Å². The van der Waals surface area contributed by atoms with Crippen LogP contribution >= 0.6 is 0 Å². The lowest BCUT2D eigenvalue weighted by atomic mass is 9.88. The summed E-state index contributed by atoms with van der Waals surface area (Å²) < 4.78 is 111. The molecular formula is C20H22FN7O. The van der Waals surface area contributed by atoms with Gasteiger partial charge in [0.2, 0.25) is 5.88 Å². The van der Waals surface area contributed by atoms with E-state index in [1.807, 2.05) is 0 Å². The molecule has 0 atom stereocenters. The predicted molar refractivity (Wildman–Crippen MR) is 105 cm³/mol. The van der Waals surface area contributed by atoms with Gasteiger partial charge in [-0.3, -0.25) is 0 Å². The van der Waals surface area contributed by atoms with Gasteiger partial charge in [0.25, 0.3) is 0 Å². The minimum absolute atomic E-state index is 0.0613. The maximum atomic E-state index is 14.6. The highest BCUT2D eigenvalue weighted by atomic mass is 19.1. The molecule has 0 bridgehead atoms. The van der Waals surface area contributed by atoms with Crippen molar-refractivity contribution in [1.82, 2.24) is 34.6 Å². The van der Waals surface area contributed by atoms with E-state index in [0.717, 1.165) is 27.7 Å². The van der Waals surface area contributed by atoms with Crippen LogP contribution in [0.15, 0.2) is 36.7 Å². The fraction of sp³-hybridized carbons (Fsp3) is 0.350. The number of rotatable bonds is 5. The van der Waals surface area contributed by atoms with Crippen molar-refractivity contribution >= 4 is 5.65 Å². The average Bonchev–Trinajstić information content (AvgIpc) is 3.42. The monoisotopic (exact) mass is 406 g/mol. The van der Waals surface area contributed by atoms with Gasteiger partial charge in [0, 0.05) is 24.4 Å². The van der Waals surface area contributed by atoms with Crippen molar-refractivity contribution < 1.29 is 24.2 Å². The van der Waals surface area contributed by atoms with Crippen LogP contribution in [-0.2, 0) is 18.5 Å². The van der Waals surface area contributed by atoms with E-state index in [9.17, 15) is 4.39 Å². The first-order valence-electron chi connectivity index (χ1n) is 13.8. The molecule has 0 unspecified atom stereocenters. The topological polar surface area (TPSA) is 83.0 Å². The lowest BCUT2D eigenvalue weighted by Gasteiger charge is -2.21. The molecule has 0 saturated heterocycles. The maximum absolute atomic E-state index is 14.6. The lowest BCUT2D eigenvalue weighted by Crippen LogP contribution is -2.17. The van der Waals surface area contributed by atoms with Crippen molar-refractivity contribution in [3.8, 4) is 17.3 Å². The SMILES string of the molecule is [2H]C([2H])(C)n1ncnc1COc1nn2c(-c3ccccc3F)nnc2cc1C(C([2H])([2H])[2H])(C([2H])([2H])[2H])C([2H])([2H])[2H]. The highest BCUT2D eigenvalue weighted by Gasteiger charge is 2.24. The summed E-state index contributed by atoms with van der Waals surface area (Å²) in [6, 6.07) is 6.33. The maximum Gasteiger partial charge on any atom is 0.236 e. The van der Waals surface area contributed by atoms with Gasteiger partial charge < -0.3 is 4.74 Å². The molecule has 4 rings (SSSR count). The zero-order valence-electron chi connectivity index (χ0n) is 26.1. The molecule has 0 spiro atoms. The molecule has 0 amide bonds. The third-order valence-corrected chi connectivity index (χ3v) is 4.05. The van der Waals surface area contributed by atoms with Gasteiger partial charge in [0.1, 0.15) is 18.8 Å². The number of fused-ring (bicyclic) bond motifs is 1. The Hall–Kier alpha value is -3.36. The summed E-state index contributed by atoms with van der Waals surface area (Å²) in [4.78, 5) is 3.91. The molecule has 0 aliphatic carbocycles. The highest BCUT2D eigenvalue weighted by Crippen LogP contribution is 2.32. The number of aromatic nitrogens is 7. The molecule has 0 aliphatic heterocycles. The normalized spacial score (nSPS) is 19.3. The third-order valence-electron chi connectivity index (χ3n) is 4.05. The number of hydrogen-bond donors (Lipinski definition) is 0. The fourth-order valence-electron chi connectivity index (χ4n) is 2.69. The van der Waals surface area contributed by atoms with Crippen molar-refractivity contribution in [1.29, 1.82) is 0 Å². The Bertz CT molecular complexity index is 1500. The lowest BCUT2D eigenvalue weighted by molar-refractivity contribution is 0.264. The molecule has 0 aliphatic rings. The van der Waals surface area contributed by atoms with E-state index in [1.54, 1.807) is 0 Å². The summed E-state index contributed by atoms with van der Waals surface area (Å²) in [5.74, 6) is -1.75. The molecule has 0 radical (unpaired) electrons. The Morgan fingerprint density at radius 2 is 2.07 bits per heavy atom. The quantitative estimate of drug-likeness (QED) is 0.505.